The number of benzene rings is 1. The maximum atomic E-state index is 13.3. The van der Waals surface area contributed by atoms with E-state index in [1.54, 1.807) is 24.4 Å². The minimum Gasteiger partial charge on any atom is -0.356 e. The van der Waals surface area contributed by atoms with E-state index >= 15 is 0 Å². The minimum absolute atomic E-state index is 0.177. The van der Waals surface area contributed by atoms with Gasteiger partial charge in [0.15, 0.2) is 11.6 Å². The van der Waals surface area contributed by atoms with Crippen LogP contribution in [0.2, 0.25) is 0 Å². The van der Waals surface area contributed by atoms with Gasteiger partial charge in [0.2, 0.25) is 0 Å². The highest BCUT2D eigenvalue weighted by molar-refractivity contribution is 5.94. The van der Waals surface area contributed by atoms with Gasteiger partial charge in [0, 0.05) is 25.8 Å². The lowest BCUT2D eigenvalue weighted by Gasteiger charge is -2.29. The van der Waals surface area contributed by atoms with E-state index in [2.05, 4.69) is 21.8 Å². The van der Waals surface area contributed by atoms with Gasteiger partial charge in [-0.25, -0.2) is 13.8 Å². The van der Waals surface area contributed by atoms with Crippen LogP contribution in [0.15, 0.2) is 54.8 Å². The Morgan fingerprint density at radius 1 is 1.19 bits per heavy atom. The summed E-state index contributed by atoms with van der Waals surface area (Å²) in [6, 6.07) is 7.54. The largest absolute Gasteiger partial charge is 0.356 e. The quantitative estimate of drug-likeness (QED) is 0.812. The molecule has 1 fully saturated rings. The van der Waals surface area contributed by atoms with Crippen LogP contribution in [0.4, 0.5) is 14.6 Å². The van der Waals surface area contributed by atoms with Crippen molar-refractivity contribution < 1.29 is 13.6 Å². The molecule has 2 heterocycles. The number of pyridine rings is 1. The number of anilines is 1. The predicted octanol–water partition coefficient (Wildman–Crippen LogP) is 3.96. The number of halogens is 2. The second-order valence-electron chi connectivity index (χ2n) is 6.37. The molecule has 0 saturated carbocycles. The summed E-state index contributed by atoms with van der Waals surface area (Å²) in [4.78, 5) is 18.4. The molecular formula is C21H21F2N3O. The Morgan fingerprint density at radius 2 is 1.96 bits per heavy atom. The lowest BCUT2D eigenvalue weighted by Crippen LogP contribution is -2.31. The smallest absolute Gasteiger partial charge is 0.253 e. The Hall–Kier alpha value is -3.02. The first-order chi connectivity index (χ1) is 13.1. The highest BCUT2D eigenvalue weighted by Crippen LogP contribution is 2.23. The summed E-state index contributed by atoms with van der Waals surface area (Å²) in [6.07, 6.45) is 6.75. The molecule has 0 atom stereocenters. The molecule has 0 spiro atoms. The zero-order valence-electron chi connectivity index (χ0n) is 14.9. The fourth-order valence-electron chi connectivity index (χ4n) is 2.98. The fourth-order valence-corrected chi connectivity index (χ4v) is 2.98. The second-order valence-corrected chi connectivity index (χ2v) is 6.37. The van der Waals surface area contributed by atoms with Gasteiger partial charge in [-0.05, 0) is 42.7 Å². The molecule has 0 radical (unpaired) electrons. The van der Waals surface area contributed by atoms with Crippen molar-refractivity contribution in [3.05, 3.63) is 77.5 Å². The summed E-state index contributed by atoms with van der Waals surface area (Å²) < 4.78 is 26.3. The second kappa shape index (κ2) is 8.58. The zero-order valence-corrected chi connectivity index (χ0v) is 14.9. The van der Waals surface area contributed by atoms with Crippen molar-refractivity contribution in [2.45, 2.75) is 12.8 Å². The van der Waals surface area contributed by atoms with Gasteiger partial charge < -0.3 is 10.2 Å². The molecule has 1 aliphatic heterocycles. The third-order valence-electron chi connectivity index (χ3n) is 4.46. The van der Waals surface area contributed by atoms with E-state index in [0.29, 0.717) is 17.7 Å². The third-order valence-corrected chi connectivity index (χ3v) is 4.46. The van der Waals surface area contributed by atoms with Crippen LogP contribution in [0.5, 0.6) is 0 Å². The first-order valence-electron chi connectivity index (χ1n) is 8.81. The number of rotatable bonds is 5. The van der Waals surface area contributed by atoms with Gasteiger partial charge in [0.05, 0.1) is 5.56 Å². The number of hydrogen-bond acceptors (Lipinski definition) is 3. The van der Waals surface area contributed by atoms with Crippen molar-refractivity contribution in [3.63, 3.8) is 0 Å². The molecule has 27 heavy (non-hydrogen) atoms. The van der Waals surface area contributed by atoms with Gasteiger partial charge >= 0.3 is 0 Å². The lowest BCUT2D eigenvalue weighted by molar-refractivity contribution is 0.0957. The Bertz CT molecular complexity index is 852. The number of amides is 1. The van der Waals surface area contributed by atoms with E-state index < -0.39 is 11.6 Å². The molecule has 0 aliphatic carbocycles. The Kier molecular flexibility index (Phi) is 5.96. The number of hydrogen-bond donors (Lipinski definition) is 1. The molecule has 0 bridgehead atoms. The minimum atomic E-state index is -0.834. The summed E-state index contributed by atoms with van der Waals surface area (Å²) >= 11 is 0. The molecule has 1 aromatic carbocycles. The molecule has 4 nitrogen and oxygen atoms in total. The van der Waals surface area contributed by atoms with Gasteiger partial charge in [0.25, 0.3) is 5.91 Å². The Balaban J connectivity index is 1.60. The average Bonchev–Trinajstić information content (AvgIpc) is 2.70. The van der Waals surface area contributed by atoms with Gasteiger partial charge in [-0.1, -0.05) is 23.8 Å². The van der Waals surface area contributed by atoms with E-state index in [-0.39, 0.29) is 5.91 Å². The van der Waals surface area contributed by atoms with Crippen LogP contribution in [-0.2, 0) is 0 Å². The number of nitrogens with one attached hydrogen (secondary N) is 1. The number of piperidine rings is 1. The van der Waals surface area contributed by atoms with Gasteiger partial charge in [-0.2, -0.15) is 0 Å². The normalized spacial score (nSPS) is 14.0. The van der Waals surface area contributed by atoms with Gasteiger partial charge in [-0.15, -0.1) is 6.58 Å². The van der Waals surface area contributed by atoms with Crippen LogP contribution in [0.3, 0.4) is 0 Å². The van der Waals surface area contributed by atoms with E-state index in [9.17, 15) is 13.6 Å². The molecule has 3 rings (SSSR count). The van der Waals surface area contributed by atoms with Crippen LogP contribution in [-0.4, -0.2) is 30.5 Å². The lowest BCUT2D eigenvalue weighted by atomic mass is 10.0. The maximum absolute atomic E-state index is 13.3. The van der Waals surface area contributed by atoms with Crippen LogP contribution in [0.1, 0.15) is 28.8 Å². The van der Waals surface area contributed by atoms with Crippen LogP contribution in [0.25, 0.3) is 6.08 Å². The van der Waals surface area contributed by atoms with Crippen molar-refractivity contribution in [3.8, 4) is 0 Å². The molecule has 6 heteroatoms. The van der Waals surface area contributed by atoms with Gasteiger partial charge in [-0.3, -0.25) is 4.79 Å². The predicted molar refractivity (Wildman–Crippen MR) is 103 cm³/mol. The van der Waals surface area contributed by atoms with Crippen LogP contribution >= 0.6 is 0 Å². The summed E-state index contributed by atoms with van der Waals surface area (Å²) in [6.45, 7) is 5.55. The molecule has 1 saturated heterocycles. The summed E-state index contributed by atoms with van der Waals surface area (Å²) in [5.74, 6) is -1.02. The fraction of sp³-hybridized carbons (Fsp3) is 0.238. The number of aromatic nitrogens is 1. The SMILES string of the molecule is C=CCNC(=O)c1ccc(N2CCC(=Cc3ccc(F)c(F)c3)CC2)nc1. The standard InChI is InChI=1S/C21H21F2N3O/c1-2-9-24-21(27)17-4-6-20(25-14-17)26-10-7-15(8-11-26)12-16-3-5-18(22)19(23)13-16/h2-6,12-14H,1,7-11H2,(H,24,27). The third kappa shape index (κ3) is 4.78. The summed E-state index contributed by atoms with van der Waals surface area (Å²) in [5, 5.41) is 2.72. The molecule has 1 aliphatic rings. The number of carbonyl (C=O) groups is 1. The molecule has 1 amide bonds. The van der Waals surface area contributed by atoms with Crippen molar-refractivity contribution >= 4 is 17.8 Å². The average molecular weight is 369 g/mol. The molecule has 2 aromatic rings. The van der Waals surface area contributed by atoms with E-state index in [1.165, 1.54) is 11.6 Å². The van der Waals surface area contributed by atoms with E-state index in [1.807, 2.05) is 12.1 Å². The summed E-state index contributed by atoms with van der Waals surface area (Å²) in [5.41, 5.74) is 2.37. The zero-order chi connectivity index (χ0) is 19.2. The Labute approximate surface area is 157 Å². The number of carbonyl (C=O) groups excluding carboxylic acids is 1. The summed E-state index contributed by atoms with van der Waals surface area (Å²) in [7, 11) is 0. The van der Waals surface area contributed by atoms with Crippen LogP contribution in [0, 0.1) is 11.6 Å². The topological polar surface area (TPSA) is 45.2 Å². The molecular weight excluding hydrogens is 348 g/mol. The monoisotopic (exact) mass is 369 g/mol. The van der Waals surface area contributed by atoms with Crippen molar-refractivity contribution in [1.82, 2.24) is 10.3 Å². The van der Waals surface area contributed by atoms with Gasteiger partial charge in [0.1, 0.15) is 5.82 Å². The molecule has 1 aromatic heterocycles. The van der Waals surface area contributed by atoms with Crippen molar-refractivity contribution in [1.29, 1.82) is 0 Å². The number of nitrogens with zero attached hydrogens (tertiary/aromatic N) is 2. The molecule has 1 N–H and O–H groups in total. The van der Waals surface area contributed by atoms with E-state index in [0.717, 1.165) is 37.8 Å². The molecule has 140 valence electrons. The highest BCUT2D eigenvalue weighted by Gasteiger charge is 2.16. The maximum Gasteiger partial charge on any atom is 0.253 e. The Morgan fingerprint density at radius 3 is 2.59 bits per heavy atom. The molecule has 0 unspecified atom stereocenters. The first kappa shape index (κ1) is 18.8. The first-order valence-corrected chi connectivity index (χ1v) is 8.81. The van der Waals surface area contributed by atoms with Crippen molar-refractivity contribution in [2.24, 2.45) is 0 Å². The van der Waals surface area contributed by atoms with Crippen molar-refractivity contribution in [2.75, 3.05) is 24.5 Å². The highest BCUT2D eigenvalue weighted by atomic mass is 19.2. The van der Waals surface area contributed by atoms with E-state index in [4.69, 9.17) is 0 Å². The van der Waals surface area contributed by atoms with Crippen LogP contribution < -0.4 is 10.2 Å².